The molecule has 1 aromatic carbocycles. The molecule has 1 heterocycles. The van der Waals surface area contributed by atoms with Gasteiger partial charge >= 0.3 is 0 Å². The second kappa shape index (κ2) is 8.52. The van der Waals surface area contributed by atoms with Crippen LogP contribution in [0.5, 0.6) is 0 Å². The lowest BCUT2D eigenvalue weighted by molar-refractivity contribution is 0.325. The van der Waals surface area contributed by atoms with Gasteiger partial charge in [-0.3, -0.25) is 0 Å². The van der Waals surface area contributed by atoms with Crippen LogP contribution in [0.4, 0.5) is 4.39 Å². The molecule has 1 fully saturated rings. The summed E-state index contributed by atoms with van der Waals surface area (Å²) in [5, 5.41) is 3.39. The number of benzene rings is 1. The fourth-order valence-corrected chi connectivity index (χ4v) is 4.09. The van der Waals surface area contributed by atoms with Crippen molar-refractivity contribution in [3.63, 3.8) is 0 Å². The number of nitrogens with one attached hydrogen (secondary N) is 1. The van der Waals surface area contributed by atoms with Gasteiger partial charge < -0.3 is 5.32 Å². The van der Waals surface area contributed by atoms with E-state index in [-0.39, 0.29) is 11.2 Å². The first-order valence-electron chi connectivity index (χ1n) is 10.1. The summed E-state index contributed by atoms with van der Waals surface area (Å²) < 4.78 is 15.2. The van der Waals surface area contributed by atoms with E-state index in [1.165, 1.54) is 6.42 Å². The monoisotopic (exact) mass is 357 g/mol. The van der Waals surface area contributed by atoms with Crippen molar-refractivity contribution in [3.8, 4) is 0 Å². The van der Waals surface area contributed by atoms with Gasteiger partial charge in [0.05, 0.1) is 0 Å². The average molecular weight is 358 g/mol. The molecule has 0 bridgehead atoms. The molecule has 1 aliphatic heterocycles. The van der Waals surface area contributed by atoms with Crippen LogP contribution in [-0.4, -0.2) is 13.1 Å². The molecule has 0 spiro atoms. The molecule has 0 amide bonds. The van der Waals surface area contributed by atoms with E-state index in [2.05, 4.69) is 50.9 Å². The smallest absolute Gasteiger partial charge is 0.128 e. The van der Waals surface area contributed by atoms with Crippen molar-refractivity contribution in [1.29, 1.82) is 0 Å². The summed E-state index contributed by atoms with van der Waals surface area (Å²) >= 11 is 0. The predicted molar refractivity (Wildman–Crippen MR) is 112 cm³/mol. The van der Waals surface area contributed by atoms with Crippen LogP contribution in [0.3, 0.4) is 0 Å². The molecule has 0 unspecified atom stereocenters. The van der Waals surface area contributed by atoms with Gasteiger partial charge in [-0.2, -0.15) is 0 Å². The quantitative estimate of drug-likeness (QED) is 0.545. The number of hydrogen-bond donors (Lipinski definition) is 1. The van der Waals surface area contributed by atoms with Crippen molar-refractivity contribution >= 4 is 6.08 Å². The normalized spacial score (nSPS) is 17.6. The summed E-state index contributed by atoms with van der Waals surface area (Å²) in [6.07, 6.45) is 9.46. The molecule has 0 saturated carbocycles. The fourth-order valence-electron chi connectivity index (χ4n) is 4.09. The Morgan fingerprint density at radius 3 is 2.50 bits per heavy atom. The summed E-state index contributed by atoms with van der Waals surface area (Å²) in [6.45, 7) is 17.0. The molecule has 1 nitrogen and oxygen atoms in total. The van der Waals surface area contributed by atoms with Crippen LogP contribution in [0.15, 0.2) is 30.4 Å². The average Bonchev–Trinajstić information content (AvgIpc) is 2.59. The number of halogens is 1. The molecule has 0 radical (unpaired) electrons. The van der Waals surface area contributed by atoms with Gasteiger partial charge in [-0.05, 0) is 75.2 Å². The van der Waals surface area contributed by atoms with Crippen molar-refractivity contribution < 1.29 is 4.39 Å². The van der Waals surface area contributed by atoms with Gasteiger partial charge in [0.25, 0.3) is 0 Å². The zero-order valence-corrected chi connectivity index (χ0v) is 17.3. The largest absolute Gasteiger partial charge is 0.317 e. The summed E-state index contributed by atoms with van der Waals surface area (Å²) in [4.78, 5) is 0. The van der Waals surface area contributed by atoms with E-state index in [4.69, 9.17) is 0 Å². The third kappa shape index (κ3) is 4.65. The van der Waals surface area contributed by atoms with Crippen molar-refractivity contribution in [2.24, 2.45) is 5.41 Å². The van der Waals surface area contributed by atoms with Crippen molar-refractivity contribution in [1.82, 2.24) is 5.32 Å². The third-order valence-electron chi connectivity index (χ3n) is 6.32. The second-order valence-corrected chi connectivity index (χ2v) is 8.77. The number of rotatable bonds is 7. The highest BCUT2D eigenvalue weighted by Gasteiger charge is 2.38. The molecule has 1 aliphatic rings. The highest BCUT2D eigenvalue weighted by atomic mass is 19.1. The Morgan fingerprint density at radius 2 is 1.96 bits per heavy atom. The maximum Gasteiger partial charge on any atom is 0.128 e. The second-order valence-electron chi connectivity index (χ2n) is 8.77. The van der Waals surface area contributed by atoms with Gasteiger partial charge in [0.1, 0.15) is 5.82 Å². The van der Waals surface area contributed by atoms with Gasteiger partial charge in [0.15, 0.2) is 0 Å². The molecule has 1 aromatic rings. The molecule has 2 rings (SSSR count). The molecule has 0 aliphatic carbocycles. The van der Waals surface area contributed by atoms with Crippen LogP contribution in [0, 0.1) is 18.2 Å². The predicted octanol–water partition coefficient (Wildman–Crippen LogP) is 6.56. The lowest BCUT2D eigenvalue weighted by Crippen LogP contribution is -2.41. The van der Waals surface area contributed by atoms with Crippen LogP contribution < -0.4 is 5.32 Å². The molecule has 2 heteroatoms. The number of piperidine rings is 1. The van der Waals surface area contributed by atoms with E-state index in [9.17, 15) is 0 Å². The zero-order valence-electron chi connectivity index (χ0n) is 17.3. The maximum atomic E-state index is 15.2. The van der Waals surface area contributed by atoms with Crippen LogP contribution in [0.2, 0.25) is 0 Å². The van der Waals surface area contributed by atoms with Gasteiger partial charge in [-0.1, -0.05) is 57.6 Å². The molecule has 144 valence electrons. The molecule has 1 saturated heterocycles. The molecule has 26 heavy (non-hydrogen) atoms. The SMILES string of the molecule is C=C(C)C1(c2c(C)cc(/C=C/CCC(C)(C)CC)cc2F)CCNCC1. The Morgan fingerprint density at radius 1 is 1.31 bits per heavy atom. The fraction of sp³-hybridized carbons (Fsp3) is 0.583. The van der Waals surface area contributed by atoms with Gasteiger partial charge in [0, 0.05) is 11.0 Å². The Hall–Kier alpha value is -1.41. The molecular formula is C24H36FN. The van der Waals surface area contributed by atoms with Gasteiger partial charge in [0.2, 0.25) is 0 Å². The molecule has 0 atom stereocenters. The molecule has 0 aromatic heterocycles. The Balaban J connectivity index is 2.24. The van der Waals surface area contributed by atoms with E-state index < -0.39 is 0 Å². The van der Waals surface area contributed by atoms with E-state index >= 15 is 4.39 Å². The number of hydrogen-bond acceptors (Lipinski definition) is 1. The first-order valence-corrected chi connectivity index (χ1v) is 10.1. The maximum absolute atomic E-state index is 15.2. The number of aryl methyl sites for hydroxylation is 1. The topological polar surface area (TPSA) is 12.0 Å². The van der Waals surface area contributed by atoms with Gasteiger partial charge in [-0.15, -0.1) is 0 Å². The summed E-state index contributed by atoms with van der Waals surface area (Å²) in [7, 11) is 0. The van der Waals surface area contributed by atoms with Gasteiger partial charge in [-0.25, -0.2) is 4.39 Å². The summed E-state index contributed by atoms with van der Waals surface area (Å²) in [5.74, 6) is -0.0801. The minimum atomic E-state index is -0.229. The standard InChI is InChI=1S/C24H36FN/c1-7-23(5,6)11-9-8-10-20-16-19(4)22(21(25)17-20)24(18(2)3)12-14-26-15-13-24/h8,10,16-17,26H,2,7,9,11-15H2,1,3-6H3/b10-8+. The lowest BCUT2D eigenvalue weighted by atomic mass is 9.67. The van der Waals surface area contributed by atoms with E-state index in [1.807, 2.05) is 13.8 Å². The molecular weight excluding hydrogens is 321 g/mol. The van der Waals surface area contributed by atoms with Crippen LogP contribution in [0.25, 0.3) is 6.08 Å². The summed E-state index contributed by atoms with van der Waals surface area (Å²) in [6, 6.07) is 3.84. The number of allylic oxidation sites excluding steroid dienone is 2. The van der Waals surface area contributed by atoms with Crippen LogP contribution in [0.1, 0.15) is 76.5 Å². The van der Waals surface area contributed by atoms with E-state index in [1.54, 1.807) is 6.07 Å². The van der Waals surface area contributed by atoms with Crippen molar-refractivity contribution in [3.05, 3.63) is 52.9 Å². The Bertz CT molecular complexity index is 640. The Labute approximate surface area is 159 Å². The van der Waals surface area contributed by atoms with E-state index in [0.29, 0.717) is 5.41 Å². The highest BCUT2D eigenvalue weighted by Crippen LogP contribution is 2.42. The van der Waals surface area contributed by atoms with Crippen molar-refractivity contribution in [2.75, 3.05) is 13.1 Å². The summed E-state index contributed by atoms with van der Waals surface area (Å²) in [5.41, 5.74) is 4.08. The van der Waals surface area contributed by atoms with Crippen LogP contribution >= 0.6 is 0 Å². The minimum absolute atomic E-state index is 0.0801. The lowest BCUT2D eigenvalue weighted by Gasteiger charge is -2.40. The van der Waals surface area contributed by atoms with E-state index in [0.717, 1.165) is 61.0 Å². The van der Waals surface area contributed by atoms with Crippen molar-refractivity contribution in [2.45, 2.75) is 72.1 Å². The Kier molecular flexibility index (Phi) is 6.85. The highest BCUT2D eigenvalue weighted by molar-refractivity contribution is 5.54. The first-order chi connectivity index (χ1) is 12.2. The third-order valence-corrected chi connectivity index (χ3v) is 6.32. The molecule has 1 N–H and O–H groups in total. The zero-order chi connectivity index (χ0) is 19.4. The first kappa shape index (κ1) is 20.9. The van der Waals surface area contributed by atoms with Crippen LogP contribution in [-0.2, 0) is 5.41 Å². The minimum Gasteiger partial charge on any atom is -0.317 e.